The highest BCUT2D eigenvalue weighted by molar-refractivity contribution is 6.05. The molecule has 0 radical (unpaired) electrons. The molecular weight excluding hydrogens is 324 g/mol. The number of hydrogen-bond acceptors (Lipinski definition) is 3. The van der Waals surface area contributed by atoms with Crippen molar-refractivity contribution < 1.29 is 4.79 Å². The number of aromatic nitrogens is 3. The molecule has 2 aromatic heterocycles. The van der Waals surface area contributed by atoms with E-state index in [1.807, 2.05) is 17.7 Å². The lowest BCUT2D eigenvalue weighted by molar-refractivity contribution is 0.0937. The molecule has 1 saturated carbocycles. The maximum Gasteiger partial charge on any atom is 0.252 e. The van der Waals surface area contributed by atoms with Gasteiger partial charge in [-0.25, -0.2) is 9.67 Å². The van der Waals surface area contributed by atoms with E-state index >= 15 is 0 Å². The molecule has 5 heteroatoms. The van der Waals surface area contributed by atoms with Crippen LogP contribution >= 0.6 is 0 Å². The van der Waals surface area contributed by atoms with Crippen molar-refractivity contribution in [1.29, 1.82) is 0 Å². The van der Waals surface area contributed by atoms with Gasteiger partial charge in [-0.05, 0) is 51.2 Å². The highest BCUT2D eigenvalue weighted by Crippen LogP contribution is 2.32. The van der Waals surface area contributed by atoms with E-state index in [-0.39, 0.29) is 11.9 Å². The van der Waals surface area contributed by atoms with Gasteiger partial charge in [0.05, 0.1) is 23.7 Å². The van der Waals surface area contributed by atoms with Crippen LogP contribution in [0.3, 0.4) is 0 Å². The Balaban J connectivity index is 1.66. The van der Waals surface area contributed by atoms with Gasteiger partial charge in [-0.3, -0.25) is 4.79 Å². The fraction of sp³-hybridized carbons (Fsp3) is 0.381. The minimum atomic E-state index is -0.0326. The second kappa shape index (κ2) is 6.56. The van der Waals surface area contributed by atoms with Crippen LogP contribution in [0, 0.1) is 19.8 Å². The number of fused-ring (bicyclic) bond motifs is 1. The van der Waals surface area contributed by atoms with Gasteiger partial charge in [-0.2, -0.15) is 5.10 Å². The summed E-state index contributed by atoms with van der Waals surface area (Å²) in [5.41, 5.74) is 4.64. The summed E-state index contributed by atoms with van der Waals surface area (Å²) in [6.45, 7) is 6.72. The predicted octanol–water partition coefficient (Wildman–Crippen LogP) is 3.62. The lowest BCUT2D eigenvalue weighted by Gasteiger charge is -2.13. The van der Waals surface area contributed by atoms with E-state index in [0.717, 1.165) is 22.3 Å². The van der Waals surface area contributed by atoms with Crippen LogP contribution < -0.4 is 5.32 Å². The van der Waals surface area contributed by atoms with Crippen molar-refractivity contribution in [2.24, 2.45) is 5.92 Å². The molecule has 0 bridgehead atoms. The first-order chi connectivity index (χ1) is 12.5. The van der Waals surface area contributed by atoms with Crippen LogP contribution in [0.5, 0.6) is 0 Å². The van der Waals surface area contributed by atoms with E-state index in [0.29, 0.717) is 18.0 Å². The van der Waals surface area contributed by atoms with Crippen molar-refractivity contribution in [1.82, 2.24) is 20.1 Å². The first-order valence-electron chi connectivity index (χ1n) is 9.21. The lowest BCUT2D eigenvalue weighted by atomic mass is 10.1. The number of amides is 1. The summed E-state index contributed by atoms with van der Waals surface area (Å²) in [5.74, 6) is 0.594. The van der Waals surface area contributed by atoms with Crippen molar-refractivity contribution in [2.45, 2.75) is 46.2 Å². The highest BCUT2D eigenvalue weighted by Gasteiger charge is 2.29. The van der Waals surface area contributed by atoms with Crippen molar-refractivity contribution in [2.75, 3.05) is 0 Å². The molecule has 26 heavy (non-hydrogen) atoms. The number of benzene rings is 1. The highest BCUT2D eigenvalue weighted by atomic mass is 16.1. The van der Waals surface area contributed by atoms with E-state index in [9.17, 15) is 4.79 Å². The third-order valence-corrected chi connectivity index (χ3v) is 5.12. The molecular formula is C21H24N4O. The molecule has 0 saturated heterocycles. The Morgan fingerprint density at radius 2 is 2.00 bits per heavy atom. The first-order valence-corrected chi connectivity index (χ1v) is 9.21. The number of pyridine rings is 1. The van der Waals surface area contributed by atoms with Crippen molar-refractivity contribution in [3.63, 3.8) is 0 Å². The first kappa shape index (κ1) is 16.8. The number of nitrogens with one attached hydrogen (secondary N) is 1. The Morgan fingerprint density at radius 1 is 1.27 bits per heavy atom. The normalized spacial score (nSPS) is 15.2. The van der Waals surface area contributed by atoms with Crippen LogP contribution in [0.25, 0.3) is 11.0 Å². The van der Waals surface area contributed by atoms with Gasteiger partial charge in [0.15, 0.2) is 5.65 Å². The van der Waals surface area contributed by atoms with Gasteiger partial charge >= 0.3 is 0 Å². The van der Waals surface area contributed by atoms with Crippen LogP contribution in [0.4, 0.5) is 0 Å². The summed E-state index contributed by atoms with van der Waals surface area (Å²) >= 11 is 0. The Labute approximate surface area is 153 Å². The van der Waals surface area contributed by atoms with Crippen molar-refractivity contribution in [3.8, 4) is 0 Å². The molecule has 134 valence electrons. The summed E-state index contributed by atoms with van der Waals surface area (Å²) in [6, 6.07) is 10.5. The smallest absolute Gasteiger partial charge is 0.252 e. The molecule has 0 spiro atoms. The van der Waals surface area contributed by atoms with E-state index in [2.05, 4.69) is 53.5 Å². The van der Waals surface area contributed by atoms with Gasteiger partial charge in [-0.1, -0.05) is 29.8 Å². The number of aryl methyl sites for hydroxylation is 2. The molecule has 1 fully saturated rings. The Morgan fingerprint density at radius 3 is 2.69 bits per heavy atom. The molecule has 1 atom stereocenters. The number of carbonyl (C=O) groups is 1. The van der Waals surface area contributed by atoms with Gasteiger partial charge in [-0.15, -0.1) is 0 Å². The van der Waals surface area contributed by atoms with Crippen LogP contribution in [0.2, 0.25) is 0 Å². The zero-order chi connectivity index (χ0) is 18.3. The van der Waals surface area contributed by atoms with Gasteiger partial charge in [0.25, 0.3) is 5.91 Å². The lowest BCUT2D eigenvalue weighted by Crippen LogP contribution is -2.34. The van der Waals surface area contributed by atoms with Crippen LogP contribution in [0.1, 0.15) is 46.9 Å². The van der Waals surface area contributed by atoms with Gasteiger partial charge in [0.1, 0.15) is 0 Å². The number of nitrogens with zero attached hydrogens (tertiary/aromatic N) is 3. The Kier molecular flexibility index (Phi) is 4.23. The SMILES string of the molecule is Cc1ccc(Cn2ncc3c(C(=O)N[C@H](C)C4CC4)cc(C)nc32)cc1. The predicted molar refractivity (Wildman–Crippen MR) is 102 cm³/mol. The summed E-state index contributed by atoms with van der Waals surface area (Å²) in [7, 11) is 0. The molecule has 1 aliphatic carbocycles. The van der Waals surface area contributed by atoms with Crippen LogP contribution in [0.15, 0.2) is 36.5 Å². The summed E-state index contributed by atoms with van der Waals surface area (Å²) in [4.78, 5) is 17.4. The topological polar surface area (TPSA) is 59.8 Å². The molecule has 1 aliphatic rings. The summed E-state index contributed by atoms with van der Waals surface area (Å²) in [6.07, 6.45) is 4.17. The molecule has 0 unspecified atom stereocenters. The molecule has 1 amide bonds. The third-order valence-electron chi connectivity index (χ3n) is 5.12. The molecule has 5 nitrogen and oxygen atoms in total. The minimum Gasteiger partial charge on any atom is -0.349 e. The van der Waals surface area contributed by atoms with E-state index < -0.39 is 0 Å². The standard InChI is InChI=1S/C21H24N4O/c1-13-4-6-16(7-5-13)12-25-20-19(11-22-25)18(10-14(2)23-20)21(26)24-15(3)17-8-9-17/h4-7,10-11,15,17H,8-9,12H2,1-3H3,(H,24,26)/t15-/m1/s1. The van der Waals surface area contributed by atoms with Gasteiger partial charge in [0, 0.05) is 11.7 Å². The minimum absolute atomic E-state index is 0.0326. The number of hydrogen-bond donors (Lipinski definition) is 1. The maximum absolute atomic E-state index is 12.8. The largest absolute Gasteiger partial charge is 0.349 e. The second-order valence-electron chi connectivity index (χ2n) is 7.44. The second-order valence-corrected chi connectivity index (χ2v) is 7.44. The maximum atomic E-state index is 12.8. The zero-order valence-electron chi connectivity index (χ0n) is 15.5. The molecule has 4 rings (SSSR count). The number of rotatable bonds is 5. The molecule has 2 heterocycles. The zero-order valence-corrected chi connectivity index (χ0v) is 15.5. The van der Waals surface area contributed by atoms with Crippen LogP contribution in [-0.4, -0.2) is 26.7 Å². The third kappa shape index (κ3) is 3.34. The molecule has 1 aromatic carbocycles. The fourth-order valence-corrected chi connectivity index (χ4v) is 3.34. The van der Waals surface area contributed by atoms with E-state index in [4.69, 9.17) is 0 Å². The quantitative estimate of drug-likeness (QED) is 0.766. The van der Waals surface area contributed by atoms with Gasteiger partial charge in [0.2, 0.25) is 0 Å². The Bertz CT molecular complexity index is 954. The molecule has 0 aliphatic heterocycles. The average molecular weight is 348 g/mol. The average Bonchev–Trinajstić information content (AvgIpc) is 3.39. The van der Waals surface area contributed by atoms with Crippen LogP contribution in [-0.2, 0) is 6.54 Å². The Hall–Kier alpha value is -2.69. The molecule has 1 N–H and O–H groups in total. The summed E-state index contributed by atoms with van der Waals surface area (Å²) in [5, 5.41) is 8.45. The summed E-state index contributed by atoms with van der Waals surface area (Å²) < 4.78 is 1.87. The van der Waals surface area contributed by atoms with Crippen molar-refractivity contribution in [3.05, 3.63) is 58.9 Å². The van der Waals surface area contributed by atoms with Gasteiger partial charge < -0.3 is 5.32 Å². The number of carbonyl (C=O) groups excluding carboxylic acids is 1. The monoisotopic (exact) mass is 348 g/mol. The fourth-order valence-electron chi connectivity index (χ4n) is 3.34. The van der Waals surface area contributed by atoms with E-state index in [1.165, 1.54) is 18.4 Å². The van der Waals surface area contributed by atoms with Crippen molar-refractivity contribution >= 4 is 16.9 Å². The molecule has 3 aromatic rings. The van der Waals surface area contributed by atoms with E-state index in [1.54, 1.807) is 6.20 Å².